The molecule has 2 rings (SSSR count). The van der Waals surface area contributed by atoms with E-state index in [2.05, 4.69) is 44.9 Å². The van der Waals surface area contributed by atoms with Gasteiger partial charge in [-0.15, -0.1) is 0 Å². The Hall–Kier alpha value is -2.40. The molecule has 15 nitrogen and oxygen atoms in total. The van der Waals surface area contributed by atoms with Crippen molar-refractivity contribution < 1.29 is 44.7 Å². The van der Waals surface area contributed by atoms with Crippen LogP contribution in [-0.2, 0) is 19.2 Å². The Morgan fingerprint density at radius 2 is 0.818 bits per heavy atom. The molecule has 2 saturated heterocycles. The van der Waals surface area contributed by atoms with Gasteiger partial charge in [0.1, 0.15) is 24.2 Å². The van der Waals surface area contributed by atoms with Gasteiger partial charge >= 0.3 is 0 Å². The number of rotatable bonds is 39. The SMILES string of the molecule is CCCCCCCCCCC(O)CN(CCCCC1NC(=O)C(C(C)CC)NC1=O)CC(C)O.CCCCCCCCCCC(O)CN(CCCCC1NC(=O)C(CO)NC1=O)CC(C)O. The highest BCUT2D eigenvalue weighted by Crippen LogP contribution is 2.17. The summed E-state index contributed by atoms with van der Waals surface area (Å²) in [6, 6.07) is -2.32. The van der Waals surface area contributed by atoms with Gasteiger partial charge in [-0.3, -0.25) is 29.0 Å². The number of unbranched alkanes of at least 4 members (excludes halogenated alkanes) is 16. The number of hydrogen-bond donors (Lipinski definition) is 9. The number of piperazine rings is 2. The van der Waals surface area contributed by atoms with Gasteiger partial charge in [0, 0.05) is 26.2 Å². The van der Waals surface area contributed by atoms with Crippen LogP contribution >= 0.6 is 0 Å². The number of aliphatic hydroxyl groups excluding tert-OH is 5. The predicted octanol–water partition coefficient (Wildman–Crippen LogP) is 5.47. The molecule has 0 aromatic rings. The number of carbonyl (C=O) groups excluding carboxylic acids is 4. The molecule has 9 N–H and O–H groups in total. The van der Waals surface area contributed by atoms with Crippen LogP contribution in [0.1, 0.15) is 202 Å². The molecule has 2 aliphatic rings. The lowest BCUT2D eigenvalue weighted by atomic mass is 9.94. The van der Waals surface area contributed by atoms with Crippen molar-refractivity contribution in [2.45, 2.75) is 251 Å². The smallest absolute Gasteiger partial charge is 0.245 e. The van der Waals surface area contributed by atoms with Crippen LogP contribution in [0.5, 0.6) is 0 Å². The first kappa shape index (κ1) is 61.6. The molecular weight excluding hydrogens is 841 g/mol. The highest BCUT2D eigenvalue weighted by atomic mass is 16.3. The normalized spacial score (nSPS) is 21.0. The number of nitrogens with zero attached hydrogens (tertiary/aromatic N) is 2. The summed E-state index contributed by atoms with van der Waals surface area (Å²) in [5.41, 5.74) is 0. The van der Waals surface area contributed by atoms with Gasteiger partial charge in [0.05, 0.1) is 31.0 Å². The van der Waals surface area contributed by atoms with Gasteiger partial charge < -0.3 is 46.8 Å². The number of carbonyl (C=O) groups is 4. The lowest BCUT2D eigenvalue weighted by Gasteiger charge is -2.32. The highest BCUT2D eigenvalue weighted by Gasteiger charge is 2.36. The minimum Gasteiger partial charge on any atom is -0.394 e. The monoisotopic (exact) mass is 941 g/mol. The average molecular weight is 941 g/mol. The zero-order valence-electron chi connectivity index (χ0n) is 42.6. The molecule has 66 heavy (non-hydrogen) atoms. The van der Waals surface area contributed by atoms with Crippen molar-refractivity contribution in [3.05, 3.63) is 0 Å². The highest BCUT2D eigenvalue weighted by molar-refractivity contribution is 5.97. The van der Waals surface area contributed by atoms with E-state index >= 15 is 0 Å². The molecule has 9 unspecified atom stereocenters. The Kier molecular flexibility index (Phi) is 35.9. The first-order valence-corrected chi connectivity index (χ1v) is 26.6. The lowest BCUT2D eigenvalue weighted by Crippen LogP contribution is -2.63. The Bertz CT molecular complexity index is 1260. The largest absolute Gasteiger partial charge is 0.394 e. The van der Waals surface area contributed by atoms with Crippen LogP contribution in [0, 0.1) is 5.92 Å². The molecule has 2 fully saturated rings. The van der Waals surface area contributed by atoms with E-state index in [4.69, 9.17) is 5.11 Å². The summed E-state index contributed by atoms with van der Waals surface area (Å²) in [5, 5.41) is 60.6. The van der Waals surface area contributed by atoms with Gasteiger partial charge in [0.2, 0.25) is 23.6 Å². The summed E-state index contributed by atoms with van der Waals surface area (Å²) in [5.74, 6) is -0.663. The number of aliphatic hydroxyl groups is 5. The summed E-state index contributed by atoms with van der Waals surface area (Å²) in [6.07, 6.45) is 25.0. The molecule has 2 heterocycles. The lowest BCUT2D eigenvalue weighted by molar-refractivity contribution is -0.138. The van der Waals surface area contributed by atoms with Crippen molar-refractivity contribution in [3.63, 3.8) is 0 Å². The first-order valence-electron chi connectivity index (χ1n) is 26.6. The number of amides is 4. The topological polar surface area (TPSA) is 224 Å². The van der Waals surface area contributed by atoms with Crippen molar-refractivity contribution >= 4 is 23.6 Å². The Labute approximate surface area is 400 Å². The summed E-state index contributed by atoms with van der Waals surface area (Å²) in [6.45, 7) is 15.2. The molecule has 0 aliphatic carbocycles. The predicted molar refractivity (Wildman–Crippen MR) is 265 cm³/mol. The molecule has 0 aromatic heterocycles. The molecule has 388 valence electrons. The Morgan fingerprint density at radius 1 is 0.455 bits per heavy atom. The van der Waals surface area contributed by atoms with Crippen molar-refractivity contribution in [2.24, 2.45) is 5.92 Å². The fraction of sp³-hybridized carbons (Fsp3) is 0.922. The second-order valence-electron chi connectivity index (χ2n) is 19.8. The van der Waals surface area contributed by atoms with Crippen LogP contribution in [0.25, 0.3) is 0 Å². The molecule has 0 spiro atoms. The molecule has 4 amide bonds. The second-order valence-corrected chi connectivity index (χ2v) is 19.8. The van der Waals surface area contributed by atoms with Gasteiger partial charge in [0.15, 0.2) is 0 Å². The third kappa shape index (κ3) is 29.5. The van der Waals surface area contributed by atoms with Crippen molar-refractivity contribution in [2.75, 3.05) is 45.9 Å². The van der Waals surface area contributed by atoms with E-state index in [-0.39, 0.29) is 35.7 Å². The summed E-state index contributed by atoms with van der Waals surface area (Å²) in [4.78, 5) is 52.8. The van der Waals surface area contributed by atoms with E-state index in [1.807, 2.05) is 13.8 Å². The van der Waals surface area contributed by atoms with Crippen LogP contribution in [0.2, 0.25) is 0 Å². The molecule has 2 aliphatic heterocycles. The first-order chi connectivity index (χ1) is 31.6. The van der Waals surface area contributed by atoms with E-state index in [1.54, 1.807) is 13.8 Å². The number of hydrogen-bond acceptors (Lipinski definition) is 11. The molecule has 9 atom stereocenters. The quantitative estimate of drug-likeness (QED) is 0.0352. The van der Waals surface area contributed by atoms with Gasteiger partial charge in [-0.05, 0) is 84.2 Å². The summed E-state index contributed by atoms with van der Waals surface area (Å²) < 4.78 is 0. The van der Waals surface area contributed by atoms with Crippen LogP contribution in [0.4, 0.5) is 0 Å². The molecule has 0 saturated carbocycles. The van der Waals surface area contributed by atoms with E-state index in [0.29, 0.717) is 39.0 Å². The Balaban J connectivity index is 0.000000661. The second kappa shape index (κ2) is 38.4. The minimum atomic E-state index is -0.858. The molecular formula is C51H100N6O9. The van der Waals surface area contributed by atoms with Crippen molar-refractivity contribution in [1.29, 1.82) is 0 Å². The molecule has 15 heteroatoms. The van der Waals surface area contributed by atoms with E-state index in [9.17, 15) is 39.6 Å². The van der Waals surface area contributed by atoms with Gasteiger partial charge in [-0.2, -0.15) is 0 Å². The van der Waals surface area contributed by atoms with Gasteiger partial charge in [-0.25, -0.2) is 0 Å². The van der Waals surface area contributed by atoms with E-state index in [1.165, 1.54) is 83.5 Å². The van der Waals surface area contributed by atoms with Crippen LogP contribution in [0.15, 0.2) is 0 Å². The standard InChI is InChI=1S/C27H53N3O4.C24H47N3O5/c1-5-7-8-9-10-11-12-13-16-23(32)20-30(19-22(4)31)18-15-14-17-24-26(33)29-25(21(3)6-2)27(34)28-24;1-3-4-5-6-7-8-9-10-13-20(30)17-27(16-19(2)29)15-12-11-14-21-23(31)26-22(18-28)24(32)25-21/h21-25,31-32H,5-20H2,1-4H3,(H,28,34)(H,29,33);19-22,28-30H,3-18H2,1-2H3,(H,25,32)(H,26,31). The van der Waals surface area contributed by atoms with Crippen LogP contribution in [-0.4, -0.2) is 153 Å². The van der Waals surface area contributed by atoms with Gasteiger partial charge in [0.25, 0.3) is 0 Å². The zero-order chi connectivity index (χ0) is 49.1. The summed E-state index contributed by atoms with van der Waals surface area (Å²) in [7, 11) is 0. The Morgan fingerprint density at radius 3 is 1.21 bits per heavy atom. The number of nitrogens with one attached hydrogen (secondary N) is 4. The average Bonchev–Trinajstić information content (AvgIpc) is 3.27. The maximum atomic E-state index is 12.4. The van der Waals surface area contributed by atoms with E-state index < -0.39 is 49.1 Å². The maximum Gasteiger partial charge on any atom is 0.245 e. The minimum absolute atomic E-state index is 0.0845. The van der Waals surface area contributed by atoms with E-state index in [0.717, 1.165) is 77.3 Å². The molecule has 0 bridgehead atoms. The van der Waals surface area contributed by atoms with Crippen molar-refractivity contribution in [1.82, 2.24) is 31.1 Å². The third-order valence-electron chi connectivity index (χ3n) is 13.1. The molecule has 0 aromatic carbocycles. The van der Waals surface area contributed by atoms with Gasteiger partial charge in [-0.1, -0.05) is 137 Å². The maximum absolute atomic E-state index is 12.4. The fourth-order valence-electron chi connectivity index (χ4n) is 8.93. The third-order valence-corrected chi connectivity index (χ3v) is 13.1. The molecule has 0 radical (unpaired) electrons. The van der Waals surface area contributed by atoms with Crippen molar-refractivity contribution in [3.8, 4) is 0 Å². The summed E-state index contributed by atoms with van der Waals surface area (Å²) >= 11 is 0. The van der Waals surface area contributed by atoms with Crippen LogP contribution in [0.3, 0.4) is 0 Å². The fourth-order valence-corrected chi connectivity index (χ4v) is 8.93. The zero-order valence-corrected chi connectivity index (χ0v) is 42.6. The van der Waals surface area contributed by atoms with Crippen LogP contribution < -0.4 is 21.3 Å².